The number of carbonyl (C=O) groups is 1. The number of hydrazone groups is 1. The molecule has 1 amide bonds. The van der Waals surface area contributed by atoms with Gasteiger partial charge in [-0.1, -0.05) is 24.3 Å². The highest BCUT2D eigenvalue weighted by molar-refractivity contribution is 6.32. The maximum absolute atomic E-state index is 13.3. The summed E-state index contributed by atoms with van der Waals surface area (Å²) in [6, 6.07) is 18.4. The summed E-state index contributed by atoms with van der Waals surface area (Å²) >= 11 is 0. The Labute approximate surface area is 199 Å². The van der Waals surface area contributed by atoms with Crippen LogP contribution in [0.5, 0.6) is 17.2 Å². The van der Waals surface area contributed by atoms with Gasteiger partial charge in [0.25, 0.3) is 5.91 Å². The number of amides is 1. The van der Waals surface area contributed by atoms with Gasteiger partial charge in [-0.05, 0) is 61.0 Å². The Morgan fingerprint density at radius 1 is 1.03 bits per heavy atom. The molecule has 0 radical (unpaired) electrons. The van der Waals surface area contributed by atoms with Crippen LogP contribution < -0.4 is 14.5 Å². The average molecular weight is 477 g/mol. The Morgan fingerprint density at radius 3 is 2.43 bits per heavy atom. The Morgan fingerprint density at radius 2 is 1.77 bits per heavy atom. The molecule has 0 atom stereocenters. The highest BCUT2D eigenvalue weighted by Crippen LogP contribution is 2.38. The SMILES string of the molecule is COc1cc(/C=C2/C(=O)N(c3ccccc3)N=C2C)ccc1Oc1ccc(C#N)c(C(F)(F)F)c1. The summed E-state index contributed by atoms with van der Waals surface area (Å²) in [5, 5.41) is 14.6. The molecule has 35 heavy (non-hydrogen) atoms. The molecule has 0 bridgehead atoms. The van der Waals surface area contributed by atoms with Crippen LogP contribution in [0.3, 0.4) is 0 Å². The monoisotopic (exact) mass is 477 g/mol. The normalized spacial score (nSPS) is 14.6. The molecule has 0 saturated heterocycles. The van der Waals surface area contributed by atoms with Crippen LogP contribution in [0.25, 0.3) is 6.08 Å². The summed E-state index contributed by atoms with van der Waals surface area (Å²) in [6.45, 7) is 1.73. The number of rotatable bonds is 5. The quantitative estimate of drug-likeness (QED) is 0.411. The molecular formula is C26H18F3N3O3. The molecule has 0 aliphatic carbocycles. The lowest BCUT2D eigenvalue weighted by molar-refractivity contribution is -0.137. The summed E-state index contributed by atoms with van der Waals surface area (Å²) in [5.41, 5.74) is 0.596. The number of benzene rings is 3. The summed E-state index contributed by atoms with van der Waals surface area (Å²) in [6.07, 6.45) is -3.05. The van der Waals surface area contributed by atoms with Crippen LogP contribution in [0.4, 0.5) is 18.9 Å². The Bertz CT molecular complexity index is 1390. The first-order valence-corrected chi connectivity index (χ1v) is 10.4. The third-order valence-electron chi connectivity index (χ3n) is 5.21. The minimum absolute atomic E-state index is 0.104. The highest BCUT2D eigenvalue weighted by Gasteiger charge is 2.34. The molecule has 9 heteroatoms. The number of carbonyl (C=O) groups excluding carboxylic acids is 1. The first-order chi connectivity index (χ1) is 16.7. The zero-order valence-electron chi connectivity index (χ0n) is 18.6. The van der Waals surface area contributed by atoms with Gasteiger partial charge in [0, 0.05) is 0 Å². The van der Waals surface area contributed by atoms with Crippen molar-refractivity contribution in [2.24, 2.45) is 5.10 Å². The molecule has 1 heterocycles. The van der Waals surface area contributed by atoms with E-state index in [1.165, 1.54) is 30.3 Å². The van der Waals surface area contributed by atoms with Crippen molar-refractivity contribution in [3.63, 3.8) is 0 Å². The molecule has 176 valence electrons. The fraction of sp³-hybridized carbons (Fsp3) is 0.115. The first-order valence-electron chi connectivity index (χ1n) is 10.4. The van der Waals surface area contributed by atoms with Crippen molar-refractivity contribution < 1.29 is 27.4 Å². The van der Waals surface area contributed by atoms with E-state index in [9.17, 15) is 18.0 Å². The van der Waals surface area contributed by atoms with Crippen molar-refractivity contribution in [3.8, 4) is 23.3 Å². The lowest BCUT2D eigenvalue weighted by atomic mass is 10.1. The topological polar surface area (TPSA) is 74.9 Å². The van der Waals surface area contributed by atoms with Gasteiger partial charge in [0.2, 0.25) is 0 Å². The molecule has 3 aromatic carbocycles. The molecule has 3 aromatic rings. The van der Waals surface area contributed by atoms with Gasteiger partial charge in [0.05, 0.1) is 41.3 Å². The summed E-state index contributed by atoms with van der Waals surface area (Å²) in [4.78, 5) is 12.9. The minimum atomic E-state index is -4.70. The van der Waals surface area contributed by atoms with Crippen LogP contribution in [0.1, 0.15) is 23.6 Å². The molecule has 0 saturated carbocycles. The third-order valence-corrected chi connectivity index (χ3v) is 5.21. The smallest absolute Gasteiger partial charge is 0.417 e. The van der Waals surface area contributed by atoms with Crippen molar-refractivity contribution in [3.05, 3.63) is 89.0 Å². The summed E-state index contributed by atoms with van der Waals surface area (Å²) in [5.74, 6) is 0.0252. The second-order valence-corrected chi connectivity index (χ2v) is 7.53. The molecule has 1 aliphatic heterocycles. The number of para-hydroxylation sites is 1. The van der Waals surface area contributed by atoms with E-state index < -0.39 is 17.3 Å². The fourth-order valence-corrected chi connectivity index (χ4v) is 3.50. The molecule has 4 rings (SSSR count). The van der Waals surface area contributed by atoms with Crippen LogP contribution >= 0.6 is 0 Å². The molecular weight excluding hydrogens is 459 g/mol. The van der Waals surface area contributed by atoms with Gasteiger partial charge in [-0.15, -0.1) is 0 Å². The minimum Gasteiger partial charge on any atom is -0.493 e. The van der Waals surface area contributed by atoms with E-state index in [4.69, 9.17) is 14.7 Å². The first kappa shape index (κ1) is 23.6. The molecule has 0 spiro atoms. The van der Waals surface area contributed by atoms with Crippen LogP contribution in [0.2, 0.25) is 0 Å². The lowest BCUT2D eigenvalue weighted by Crippen LogP contribution is -2.21. The Hall–Kier alpha value is -4.58. The zero-order chi connectivity index (χ0) is 25.2. The number of nitrogens with zero attached hydrogens (tertiary/aromatic N) is 3. The van der Waals surface area contributed by atoms with E-state index in [2.05, 4.69) is 5.10 Å². The van der Waals surface area contributed by atoms with Crippen molar-refractivity contribution in [2.75, 3.05) is 12.1 Å². The zero-order valence-corrected chi connectivity index (χ0v) is 18.6. The number of anilines is 1. The van der Waals surface area contributed by atoms with Crippen LogP contribution in [0.15, 0.2) is 77.4 Å². The molecule has 0 aromatic heterocycles. The largest absolute Gasteiger partial charge is 0.493 e. The summed E-state index contributed by atoms with van der Waals surface area (Å²) < 4.78 is 50.8. The predicted octanol–water partition coefficient (Wildman–Crippen LogP) is 6.18. The van der Waals surface area contributed by atoms with Crippen molar-refractivity contribution >= 4 is 23.4 Å². The molecule has 1 aliphatic rings. The van der Waals surface area contributed by atoms with E-state index in [1.54, 1.807) is 37.3 Å². The fourth-order valence-electron chi connectivity index (χ4n) is 3.50. The van der Waals surface area contributed by atoms with Gasteiger partial charge in [0.1, 0.15) is 5.75 Å². The average Bonchev–Trinajstić information content (AvgIpc) is 3.13. The number of nitriles is 1. The van der Waals surface area contributed by atoms with Gasteiger partial charge in [0.15, 0.2) is 11.5 Å². The van der Waals surface area contributed by atoms with E-state index in [-0.39, 0.29) is 23.2 Å². The van der Waals surface area contributed by atoms with Crippen LogP contribution in [-0.2, 0) is 11.0 Å². The maximum atomic E-state index is 13.3. The Kier molecular flexibility index (Phi) is 6.30. The molecule has 0 N–H and O–H groups in total. The second-order valence-electron chi connectivity index (χ2n) is 7.53. The number of hydrogen-bond acceptors (Lipinski definition) is 5. The molecule has 6 nitrogen and oxygen atoms in total. The molecule has 0 fully saturated rings. The standard InChI is InChI=1S/C26H18F3N3O3/c1-16-21(25(33)32(31-16)19-6-4-3-5-7-19)12-17-8-11-23(24(13-17)34-2)35-20-10-9-18(15-30)22(14-20)26(27,28)29/h3-14H,1-2H3/b21-12+. The molecule has 0 unspecified atom stereocenters. The number of hydrogen-bond donors (Lipinski definition) is 0. The number of ether oxygens (including phenoxy) is 2. The lowest BCUT2D eigenvalue weighted by Gasteiger charge is -2.14. The highest BCUT2D eigenvalue weighted by atomic mass is 19.4. The van der Waals surface area contributed by atoms with Gasteiger partial charge in [-0.2, -0.15) is 28.5 Å². The van der Waals surface area contributed by atoms with Gasteiger partial charge in [-0.3, -0.25) is 4.79 Å². The van der Waals surface area contributed by atoms with E-state index >= 15 is 0 Å². The van der Waals surface area contributed by atoms with Crippen LogP contribution in [0, 0.1) is 11.3 Å². The van der Waals surface area contributed by atoms with E-state index in [0.717, 1.165) is 12.1 Å². The predicted molar refractivity (Wildman–Crippen MR) is 124 cm³/mol. The number of alkyl halides is 3. The summed E-state index contributed by atoms with van der Waals surface area (Å²) in [7, 11) is 1.39. The van der Waals surface area contributed by atoms with Gasteiger partial charge >= 0.3 is 6.18 Å². The van der Waals surface area contributed by atoms with E-state index in [0.29, 0.717) is 22.5 Å². The van der Waals surface area contributed by atoms with Crippen LogP contribution in [-0.4, -0.2) is 18.7 Å². The second kappa shape index (κ2) is 9.35. The van der Waals surface area contributed by atoms with Gasteiger partial charge in [-0.25, -0.2) is 0 Å². The van der Waals surface area contributed by atoms with Crippen molar-refractivity contribution in [1.29, 1.82) is 5.26 Å². The Balaban J connectivity index is 1.61. The number of halogens is 3. The van der Waals surface area contributed by atoms with Crippen molar-refractivity contribution in [2.45, 2.75) is 13.1 Å². The number of methoxy groups -OCH3 is 1. The third kappa shape index (κ3) is 4.87. The van der Waals surface area contributed by atoms with E-state index in [1.807, 2.05) is 18.2 Å². The van der Waals surface area contributed by atoms with Gasteiger partial charge < -0.3 is 9.47 Å². The maximum Gasteiger partial charge on any atom is 0.417 e. The van der Waals surface area contributed by atoms with Crippen molar-refractivity contribution in [1.82, 2.24) is 0 Å².